The molecule has 3 nitrogen and oxygen atoms in total. The van der Waals surface area contributed by atoms with Gasteiger partial charge >= 0.3 is 0 Å². The lowest BCUT2D eigenvalue weighted by molar-refractivity contribution is 0.341. The zero-order valence-corrected chi connectivity index (χ0v) is 12.6. The van der Waals surface area contributed by atoms with Crippen molar-refractivity contribution in [2.75, 3.05) is 13.2 Å². The Balaban J connectivity index is 2.37. The molecule has 0 bridgehead atoms. The van der Waals surface area contributed by atoms with E-state index in [4.69, 9.17) is 10.5 Å². The highest BCUT2D eigenvalue weighted by Gasteiger charge is 2.10. The van der Waals surface area contributed by atoms with Gasteiger partial charge < -0.3 is 10.5 Å². The number of nitrogens with two attached hydrogens (primary N) is 1. The van der Waals surface area contributed by atoms with Crippen molar-refractivity contribution in [3.8, 4) is 17.0 Å². The minimum absolute atomic E-state index is 0.629. The highest BCUT2D eigenvalue weighted by atomic mass is 79.9. The average molecular weight is 327 g/mol. The van der Waals surface area contributed by atoms with Crippen molar-refractivity contribution in [1.82, 2.24) is 4.98 Å². The second-order valence-corrected chi connectivity index (χ2v) is 5.60. The van der Waals surface area contributed by atoms with Gasteiger partial charge in [-0.15, -0.1) is 11.3 Å². The van der Waals surface area contributed by atoms with Crippen molar-refractivity contribution in [3.63, 3.8) is 0 Å². The maximum Gasteiger partial charge on any atom is 0.128 e. The molecule has 0 aliphatic heterocycles. The molecule has 1 aromatic carbocycles. The van der Waals surface area contributed by atoms with Gasteiger partial charge in [0.25, 0.3) is 0 Å². The maximum atomic E-state index is 5.63. The second-order valence-electron chi connectivity index (χ2n) is 3.74. The smallest absolute Gasteiger partial charge is 0.128 e. The molecule has 2 aromatic rings. The Morgan fingerprint density at radius 1 is 1.44 bits per heavy atom. The van der Waals surface area contributed by atoms with E-state index in [-0.39, 0.29) is 0 Å². The number of rotatable bonds is 5. The van der Waals surface area contributed by atoms with Crippen LogP contribution in [-0.4, -0.2) is 18.1 Å². The number of nitrogens with zero attached hydrogens (tertiary/aromatic N) is 1. The SMILES string of the molecule is CCOc1ccc(Br)cc1-c1csc(CCN)n1. The van der Waals surface area contributed by atoms with Crippen LogP contribution in [0.4, 0.5) is 0 Å². The summed E-state index contributed by atoms with van der Waals surface area (Å²) >= 11 is 5.12. The van der Waals surface area contributed by atoms with Crippen molar-refractivity contribution in [3.05, 3.63) is 33.1 Å². The van der Waals surface area contributed by atoms with Gasteiger partial charge in [-0.25, -0.2) is 4.98 Å². The molecular formula is C13H15BrN2OS. The van der Waals surface area contributed by atoms with E-state index in [0.29, 0.717) is 13.2 Å². The molecule has 0 aliphatic carbocycles. The summed E-state index contributed by atoms with van der Waals surface area (Å²) in [7, 11) is 0. The minimum atomic E-state index is 0.629. The number of halogens is 1. The molecule has 0 fully saturated rings. The summed E-state index contributed by atoms with van der Waals surface area (Å²) in [4.78, 5) is 4.59. The topological polar surface area (TPSA) is 48.1 Å². The van der Waals surface area contributed by atoms with Crippen LogP contribution in [0.3, 0.4) is 0 Å². The van der Waals surface area contributed by atoms with Gasteiger partial charge in [-0.3, -0.25) is 0 Å². The largest absolute Gasteiger partial charge is 0.493 e. The fourth-order valence-electron chi connectivity index (χ4n) is 1.66. The molecule has 0 amide bonds. The summed E-state index contributed by atoms with van der Waals surface area (Å²) in [6.45, 7) is 3.25. The van der Waals surface area contributed by atoms with Gasteiger partial charge in [0.2, 0.25) is 0 Å². The second kappa shape index (κ2) is 6.31. The molecule has 18 heavy (non-hydrogen) atoms. The molecular weight excluding hydrogens is 312 g/mol. The fraction of sp³-hybridized carbons (Fsp3) is 0.308. The van der Waals surface area contributed by atoms with Crippen molar-refractivity contribution < 1.29 is 4.74 Å². The minimum Gasteiger partial charge on any atom is -0.493 e. The van der Waals surface area contributed by atoms with Gasteiger partial charge in [0, 0.05) is 21.8 Å². The van der Waals surface area contributed by atoms with E-state index in [2.05, 4.69) is 26.3 Å². The first-order chi connectivity index (χ1) is 8.74. The third kappa shape index (κ3) is 3.10. The molecule has 5 heteroatoms. The number of aromatic nitrogens is 1. The highest BCUT2D eigenvalue weighted by molar-refractivity contribution is 9.10. The Labute approximate surface area is 119 Å². The van der Waals surface area contributed by atoms with Gasteiger partial charge in [-0.2, -0.15) is 0 Å². The summed E-state index contributed by atoms with van der Waals surface area (Å²) in [5, 5.41) is 3.12. The standard InChI is InChI=1S/C13H15BrN2OS/c1-2-17-12-4-3-9(14)7-10(12)11-8-18-13(16-11)5-6-15/h3-4,7-8H,2,5-6,15H2,1H3. The fourth-order valence-corrected chi connectivity index (χ4v) is 2.83. The van der Waals surface area contributed by atoms with E-state index < -0.39 is 0 Å². The molecule has 0 unspecified atom stereocenters. The van der Waals surface area contributed by atoms with Crippen molar-refractivity contribution in [2.24, 2.45) is 5.73 Å². The van der Waals surface area contributed by atoms with E-state index in [1.165, 1.54) is 0 Å². The first-order valence-corrected chi connectivity index (χ1v) is 7.49. The first-order valence-electron chi connectivity index (χ1n) is 5.81. The van der Waals surface area contributed by atoms with Crippen molar-refractivity contribution >= 4 is 27.3 Å². The van der Waals surface area contributed by atoms with Crippen LogP contribution in [0.1, 0.15) is 11.9 Å². The highest BCUT2D eigenvalue weighted by Crippen LogP contribution is 2.33. The normalized spacial score (nSPS) is 10.6. The zero-order valence-electron chi connectivity index (χ0n) is 10.1. The van der Waals surface area contributed by atoms with Crippen molar-refractivity contribution in [1.29, 1.82) is 0 Å². The summed E-state index contributed by atoms with van der Waals surface area (Å²) in [5.41, 5.74) is 7.52. The molecule has 0 radical (unpaired) electrons. The molecule has 0 saturated carbocycles. The van der Waals surface area contributed by atoms with Crippen LogP contribution in [0.5, 0.6) is 5.75 Å². The van der Waals surface area contributed by atoms with E-state index in [1.807, 2.05) is 25.1 Å². The third-order valence-electron chi connectivity index (χ3n) is 2.43. The van der Waals surface area contributed by atoms with Gasteiger partial charge in [0.1, 0.15) is 5.75 Å². The van der Waals surface area contributed by atoms with Crippen LogP contribution in [0.15, 0.2) is 28.1 Å². The van der Waals surface area contributed by atoms with Gasteiger partial charge in [0.05, 0.1) is 17.3 Å². The summed E-state index contributed by atoms with van der Waals surface area (Å²) in [5.74, 6) is 0.866. The molecule has 0 spiro atoms. The van der Waals surface area contributed by atoms with Gasteiger partial charge in [-0.1, -0.05) is 15.9 Å². The third-order valence-corrected chi connectivity index (χ3v) is 3.83. The Morgan fingerprint density at radius 2 is 2.28 bits per heavy atom. The monoisotopic (exact) mass is 326 g/mol. The molecule has 2 rings (SSSR count). The summed E-state index contributed by atoms with van der Waals surface area (Å²) in [6, 6.07) is 5.97. The average Bonchev–Trinajstić information content (AvgIpc) is 2.81. The maximum absolute atomic E-state index is 5.63. The molecule has 96 valence electrons. The zero-order chi connectivity index (χ0) is 13.0. The number of hydrogen-bond acceptors (Lipinski definition) is 4. The summed E-state index contributed by atoms with van der Waals surface area (Å²) in [6.07, 6.45) is 0.822. The van der Waals surface area contributed by atoms with Gasteiger partial charge in [0.15, 0.2) is 0 Å². The van der Waals surface area contributed by atoms with Crippen LogP contribution in [0.25, 0.3) is 11.3 Å². The van der Waals surface area contributed by atoms with Crippen LogP contribution in [0, 0.1) is 0 Å². The lowest BCUT2D eigenvalue weighted by Crippen LogP contribution is -2.02. The van der Waals surface area contributed by atoms with E-state index >= 15 is 0 Å². The van der Waals surface area contributed by atoms with Crippen LogP contribution in [0.2, 0.25) is 0 Å². The Hall–Kier alpha value is -0.910. The number of thiazole rings is 1. The van der Waals surface area contributed by atoms with E-state index in [0.717, 1.165) is 32.9 Å². The quantitative estimate of drug-likeness (QED) is 0.915. The molecule has 0 atom stereocenters. The van der Waals surface area contributed by atoms with E-state index in [1.54, 1.807) is 11.3 Å². The predicted molar refractivity (Wildman–Crippen MR) is 79.2 cm³/mol. The Kier molecular flexibility index (Phi) is 4.74. The Morgan fingerprint density at radius 3 is 3.00 bits per heavy atom. The van der Waals surface area contributed by atoms with Crippen LogP contribution in [-0.2, 0) is 6.42 Å². The van der Waals surface area contributed by atoms with Gasteiger partial charge in [-0.05, 0) is 31.7 Å². The number of ether oxygens (including phenoxy) is 1. The van der Waals surface area contributed by atoms with Crippen LogP contribution >= 0.6 is 27.3 Å². The number of hydrogen-bond donors (Lipinski definition) is 1. The molecule has 2 N–H and O–H groups in total. The first kappa shape index (κ1) is 13.5. The predicted octanol–water partition coefficient (Wildman–Crippen LogP) is 3.47. The molecule has 1 aromatic heterocycles. The number of benzene rings is 1. The molecule has 1 heterocycles. The van der Waals surface area contributed by atoms with Crippen LogP contribution < -0.4 is 10.5 Å². The lowest BCUT2D eigenvalue weighted by Gasteiger charge is -2.08. The molecule has 0 aliphatic rings. The van der Waals surface area contributed by atoms with Crippen molar-refractivity contribution in [2.45, 2.75) is 13.3 Å². The Bertz CT molecular complexity index is 527. The molecule has 0 saturated heterocycles. The lowest BCUT2D eigenvalue weighted by atomic mass is 10.1. The van der Waals surface area contributed by atoms with E-state index in [9.17, 15) is 0 Å². The summed E-state index contributed by atoms with van der Waals surface area (Å²) < 4.78 is 6.66.